The number of hydrogen-bond donors (Lipinski definition) is 1. The summed E-state index contributed by atoms with van der Waals surface area (Å²) < 4.78 is 17.2. The number of nitrogens with one attached hydrogen (secondary N) is 1. The maximum Gasteiger partial charge on any atom is 0.303 e. The molecule has 33 heavy (non-hydrogen) atoms. The highest BCUT2D eigenvalue weighted by atomic mass is 16.6. The largest absolute Gasteiger partial charge is 0.486 e. The van der Waals surface area contributed by atoms with Gasteiger partial charge in [0.25, 0.3) is 0 Å². The van der Waals surface area contributed by atoms with Crippen molar-refractivity contribution in [1.82, 2.24) is 4.98 Å². The molecule has 2 aromatic carbocycles. The number of ether oxygens (including phenoxy) is 2. The Balaban J connectivity index is 1.39. The Morgan fingerprint density at radius 3 is 2.82 bits per heavy atom. The molecule has 0 fully saturated rings. The Hall–Kier alpha value is -3.80. The topological polar surface area (TPSA) is 73.6 Å². The summed E-state index contributed by atoms with van der Waals surface area (Å²) in [5.74, 6) is 1.30. The molecule has 168 valence electrons. The zero-order valence-electron chi connectivity index (χ0n) is 19.1. The van der Waals surface area contributed by atoms with Crippen molar-refractivity contribution in [1.29, 1.82) is 0 Å². The number of aryl methyl sites for hydroxylation is 1. The average molecular weight is 443 g/mol. The second kappa shape index (κ2) is 8.28. The zero-order chi connectivity index (χ0) is 23.1. The molecule has 0 spiro atoms. The summed E-state index contributed by atoms with van der Waals surface area (Å²) in [7, 11) is 0. The minimum atomic E-state index is -0.368. The van der Waals surface area contributed by atoms with E-state index >= 15 is 0 Å². The first-order valence-corrected chi connectivity index (χ1v) is 11.1. The van der Waals surface area contributed by atoms with Gasteiger partial charge in [-0.3, -0.25) is 4.79 Å². The molecule has 1 N–H and O–H groups in total. The van der Waals surface area contributed by atoms with Crippen molar-refractivity contribution in [2.75, 3.05) is 5.32 Å². The monoisotopic (exact) mass is 442 g/mol. The molecular weight excluding hydrogens is 416 g/mol. The molecule has 3 heterocycles. The second-order valence-electron chi connectivity index (χ2n) is 8.44. The molecule has 1 aliphatic heterocycles. The lowest BCUT2D eigenvalue weighted by Crippen LogP contribution is -2.18. The predicted octanol–water partition coefficient (Wildman–Crippen LogP) is 6.11. The molecule has 4 aromatic rings. The summed E-state index contributed by atoms with van der Waals surface area (Å²) in [6.45, 7) is 8.11. The maximum atomic E-state index is 11.4. The lowest BCUT2D eigenvalue weighted by atomic mass is 9.95. The highest BCUT2D eigenvalue weighted by Gasteiger charge is 2.33. The third-order valence-electron chi connectivity index (χ3n) is 6.19. The van der Waals surface area contributed by atoms with E-state index < -0.39 is 0 Å². The van der Waals surface area contributed by atoms with Gasteiger partial charge in [-0.25, -0.2) is 4.98 Å². The van der Waals surface area contributed by atoms with Gasteiger partial charge >= 0.3 is 5.97 Å². The minimum Gasteiger partial charge on any atom is -0.486 e. The van der Waals surface area contributed by atoms with Crippen LogP contribution in [-0.2, 0) is 16.1 Å². The molecule has 2 atom stereocenters. The van der Waals surface area contributed by atoms with Crippen LogP contribution < -0.4 is 10.1 Å². The number of hydrogen-bond acceptors (Lipinski definition) is 6. The fourth-order valence-corrected chi connectivity index (χ4v) is 4.56. The Morgan fingerprint density at radius 1 is 1.15 bits per heavy atom. The molecule has 0 radical (unpaired) electrons. The van der Waals surface area contributed by atoms with Crippen molar-refractivity contribution in [2.24, 2.45) is 0 Å². The number of pyridine rings is 1. The van der Waals surface area contributed by atoms with Crippen LogP contribution >= 0.6 is 0 Å². The lowest BCUT2D eigenvalue weighted by Gasteiger charge is -2.14. The first kappa shape index (κ1) is 21.1. The van der Waals surface area contributed by atoms with Gasteiger partial charge in [-0.2, -0.15) is 0 Å². The van der Waals surface area contributed by atoms with E-state index in [1.165, 1.54) is 18.1 Å². The van der Waals surface area contributed by atoms with Gasteiger partial charge < -0.3 is 19.2 Å². The van der Waals surface area contributed by atoms with Crippen LogP contribution in [0.15, 0.2) is 59.1 Å². The quantitative estimate of drug-likeness (QED) is 0.376. The number of fused-ring (bicyclic) bond motifs is 2. The van der Waals surface area contributed by atoms with E-state index in [0.29, 0.717) is 12.3 Å². The van der Waals surface area contributed by atoms with Crippen molar-refractivity contribution in [3.05, 3.63) is 77.2 Å². The van der Waals surface area contributed by atoms with Gasteiger partial charge in [0.15, 0.2) is 6.10 Å². The SMILES string of the molecule is CC(=O)O[C@H]1c2ccc(NCc3cccc(-c4c(C)oc5ncccc45)c3C)cc2OC1C. The van der Waals surface area contributed by atoms with Crippen LogP contribution in [-0.4, -0.2) is 17.1 Å². The number of furan rings is 1. The summed E-state index contributed by atoms with van der Waals surface area (Å²) in [5.41, 5.74) is 7.13. The van der Waals surface area contributed by atoms with Crippen LogP contribution in [0.3, 0.4) is 0 Å². The molecule has 0 saturated carbocycles. The van der Waals surface area contributed by atoms with E-state index in [9.17, 15) is 4.79 Å². The van der Waals surface area contributed by atoms with Gasteiger partial charge in [-0.15, -0.1) is 0 Å². The number of carbonyl (C=O) groups is 1. The van der Waals surface area contributed by atoms with E-state index in [-0.39, 0.29) is 18.2 Å². The zero-order valence-corrected chi connectivity index (χ0v) is 19.1. The normalized spacial score (nSPS) is 17.0. The van der Waals surface area contributed by atoms with E-state index in [1.54, 1.807) is 6.20 Å². The first-order chi connectivity index (χ1) is 15.9. The average Bonchev–Trinajstić information content (AvgIpc) is 3.28. The van der Waals surface area contributed by atoms with Crippen molar-refractivity contribution in [3.63, 3.8) is 0 Å². The van der Waals surface area contributed by atoms with E-state index in [1.807, 2.05) is 44.2 Å². The summed E-state index contributed by atoms with van der Waals surface area (Å²) in [5, 5.41) is 4.53. The molecule has 1 aliphatic rings. The molecule has 5 rings (SSSR count). The Labute approximate surface area is 192 Å². The third kappa shape index (κ3) is 3.82. The molecule has 0 aliphatic carbocycles. The molecule has 0 saturated heterocycles. The van der Waals surface area contributed by atoms with Crippen LogP contribution in [0.5, 0.6) is 5.75 Å². The van der Waals surface area contributed by atoms with Gasteiger partial charge in [0.1, 0.15) is 17.6 Å². The summed E-state index contributed by atoms with van der Waals surface area (Å²) in [6, 6.07) is 16.2. The van der Waals surface area contributed by atoms with Gasteiger partial charge in [-0.1, -0.05) is 18.2 Å². The number of carbonyl (C=O) groups excluding carboxylic acids is 1. The number of rotatable bonds is 5. The third-order valence-corrected chi connectivity index (χ3v) is 6.19. The van der Waals surface area contributed by atoms with Crippen molar-refractivity contribution in [3.8, 4) is 16.9 Å². The predicted molar refractivity (Wildman–Crippen MR) is 127 cm³/mol. The van der Waals surface area contributed by atoms with E-state index in [2.05, 4.69) is 35.4 Å². The number of nitrogens with zero attached hydrogens (tertiary/aromatic N) is 1. The molecule has 0 amide bonds. The fraction of sp³-hybridized carbons (Fsp3) is 0.259. The van der Waals surface area contributed by atoms with Crippen molar-refractivity contribution < 1.29 is 18.7 Å². The highest BCUT2D eigenvalue weighted by molar-refractivity contribution is 5.94. The summed E-state index contributed by atoms with van der Waals surface area (Å²) in [6.07, 6.45) is 1.17. The number of esters is 1. The van der Waals surface area contributed by atoms with Crippen molar-refractivity contribution >= 4 is 22.8 Å². The van der Waals surface area contributed by atoms with Crippen LogP contribution in [0, 0.1) is 13.8 Å². The number of aromatic nitrogens is 1. The molecule has 6 heteroatoms. The smallest absolute Gasteiger partial charge is 0.303 e. The Bertz CT molecular complexity index is 1360. The second-order valence-corrected chi connectivity index (χ2v) is 8.44. The highest BCUT2D eigenvalue weighted by Crippen LogP contribution is 2.41. The lowest BCUT2D eigenvalue weighted by molar-refractivity contribution is -0.149. The van der Waals surface area contributed by atoms with Crippen LogP contribution in [0.2, 0.25) is 0 Å². The van der Waals surface area contributed by atoms with Crippen LogP contribution in [0.25, 0.3) is 22.2 Å². The van der Waals surface area contributed by atoms with Crippen LogP contribution in [0.4, 0.5) is 5.69 Å². The Kier molecular flexibility index (Phi) is 5.29. The van der Waals surface area contributed by atoms with Crippen LogP contribution in [0.1, 0.15) is 42.4 Å². The summed E-state index contributed by atoms with van der Waals surface area (Å²) >= 11 is 0. The first-order valence-electron chi connectivity index (χ1n) is 11.1. The fourth-order valence-electron chi connectivity index (χ4n) is 4.56. The van der Waals surface area contributed by atoms with Gasteiger partial charge in [-0.05, 0) is 61.7 Å². The maximum absolute atomic E-state index is 11.4. The molecule has 2 aromatic heterocycles. The van der Waals surface area contributed by atoms with Gasteiger partial charge in [0.2, 0.25) is 5.71 Å². The number of benzene rings is 2. The molecule has 0 bridgehead atoms. The van der Waals surface area contributed by atoms with E-state index in [4.69, 9.17) is 13.9 Å². The standard InChI is InChI=1S/C27H26N2O4/c1-15-19(7-5-8-21(15)25-16(2)32-27-23(25)9-6-12-28-27)14-29-20-10-11-22-24(13-20)31-17(3)26(22)33-18(4)30/h5-13,17,26,29H,14H2,1-4H3/t17?,26-/m1/s1. The molecule has 6 nitrogen and oxygen atoms in total. The van der Waals surface area contributed by atoms with Crippen molar-refractivity contribution in [2.45, 2.75) is 46.4 Å². The van der Waals surface area contributed by atoms with Gasteiger partial charge in [0.05, 0.1) is 0 Å². The number of anilines is 1. The van der Waals surface area contributed by atoms with Gasteiger partial charge in [0, 0.05) is 47.9 Å². The summed E-state index contributed by atoms with van der Waals surface area (Å²) in [4.78, 5) is 15.8. The molecule has 1 unspecified atom stereocenters. The van der Waals surface area contributed by atoms with E-state index in [0.717, 1.165) is 39.3 Å². The molecular formula is C27H26N2O4. The minimum absolute atomic E-state index is 0.208. The Morgan fingerprint density at radius 2 is 2.00 bits per heavy atom.